The van der Waals surface area contributed by atoms with Crippen LogP contribution in [0.1, 0.15) is 20.4 Å². The second-order valence-electron chi connectivity index (χ2n) is 6.08. The zero-order chi connectivity index (χ0) is 21.3. The third-order valence-corrected chi connectivity index (χ3v) is 4.74. The van der Waals surface area contributed by atoms with E-state index in [1.807, 2.05) is 0 Å². The number of methoxy groups -OCH3 is 1. The smallest absolute Gasteiger partial charge is 0.286 e. The molecule has 0 unspecified atom stereocenters. The van der Waals surface area contributed by atoms with E-state index in [2.05, 4.69) is 20.8 Å². The van der Waals surface area contributed by atoms with Crippen molar-refractivity contribution in [3.05, 3.63) is 69.9 Å². The molecule has 0 bridgehead atoms. The maximum absolute atomic E-state index is 13.1. The van der Waals surface area contributed by atoms with Gasteiger partial charge in [0.25, 0.3) is 5.91 Å². The monoisotopic (exact) mass is 430 g/mol. The fraction of sp³-hybridized carbons (Fsp3) is 0.200. The van der Waals surface area contributed by atoms with Gasteiger partial charge in [-0.1, -0.05) is 23.5 Å². The first kappa shape index (κ1) is 21.3. The predicted molar refractivity (Wildman–Crippen MR) is 109 cm³/mol. The van der Waals surface area contributed by atoms with Crippen LogP contribution in [0.5, 0.6) is 5.75 Å². The van der Waals surface area contributed by atoms with Crippen LogP contribution in [0.25, 0.3) is 0 Å². The van der Waals surface area contributed by atoms with Gasteiger partial charge in [-0.25, -0.2) is 4.39 Å². The quantitative estimate of drug-likeness (QED) is 0.541. The molecule has 2 N–H and O–H groups in total. The number of benzene rings is 2. The lowest BCUT2D eigenvalue weighted by atomic mass is 10.2. The molecule has 1 aromatic heterocycles. The summed E-state index contributed by atoms with van der Waals surface area (Å²) in [5.41, 5.74) is 1.25. The molecule has 0 spiro atoms. The molecular weight excluding hydrogens is 411 g/mol. The molecule has 0 aliphatic heterocycles. The van der Waals surface area contributed by atoms with Crippen LogP contribution in [0.2, 0.25) is 0 Å². The molecule has 30 heavy (non-hydrogen) atoms. The van der Waals surface area contributed by atoms with Crippen molar-refractivity contribution in [3.63, 3.8) is 0 Å². The Hall–Kier alpha value is -3.37. The van der Waals surface area contributed by atoms with Crippen molar-refractivity contribution < 1.29 is 23.5 Å². The summed E-state index contributed by atoms with van der Waals surface area (Å²) in [7, 11) is 1.56. The van der Waals surface area contributed by atoms with E-state index < -0.39 is 5.91 Å². The van der Waals surface area contributed by atoms with Crippen LogP contribution in [0.15, 0.2) is 48.5 Å². The van der Waals surface area contributed by atoms with Crippen LogP contribution in [0.3, 0.4) is 0 Å². The minimum Gasteiger partial charge on any atom is -0.497 e. The van der Waals surface area contributed by atoms with Gasteiger partial charge in [0.2, 0.25) is 10.9 Å². The second-order valence-corrected chi connectivity index (χ2v) is 7.15. The summed E-state index contributed by atoms with van der Waals surface area (Å²) >= 11 is 1.07. The van der Waals surface area contributed by atoms with E-state index in [0.29, 0.717) is 22.0 Å². The molecule has 0 fully saturated rings. The zero-order valence-corrected chi connectivity index (χ0v) is 16.9. The van der Waals surface area contributed by atoms with E-state index in [0.717, 1.165) is 11.3 Å². The van der Waals surface area contributed by atoms with Gasteiger partial charge in [-0.15, -0.1) is 10.2 Å². The highest BCUT2D eigenvalue weighted by Crippen LogP contribution is 2.17. The summed E-state index contributed by atoms with van der Waals surface area (Å²) in [5.74, 6) is -0.414. The Morgan fingerprint density at radius 1 is 1.13 bits per heavy atom. The molecule has 3 aromatic rings. The number of carbonyl (C=O) groups is 2. The van der Waals surface area contributed by atoms with Gasteiger partial charge in [-0.3, -0.25) is 9.59 Å². The predicted octanol–water partition coefficient (Wildman–Crippen LogP) is 2.77. The fourth-order valence-electron chi connectivity index (χ4n) is 2.39. The van der Waals surface area contributed by atoms with Gasteiger partial charge in [-0.2, -0.15) is 0 Å². The van der Waals surface area contributed by atoms with E-state index in [-0.39, 0.29) is 36.5 Å². The van der Waals surface area contributed by atoms with Crippen molar-refractivity contribution >= 4 is 28.8 Å². The van der Waals surface area contributed by atoms with Gasteiger partial charge in [-0.05, 0) is 42.0 Å². The molecule has 0 aliphatic rings. The molecule has 0 radical (unpaired) electrons. The lowest BCUT2D eigenvalue weighted by molar-refractivity contribution is -0.126. The Labute approximate surface area is 176 Å². The van der Waals surface area contributed by atoms with E-state index in [4.69, 9.17) is 9.47 Å². The number of halogens is 1. The van der Waals surface area contributed by atoms with Crippen molar-refractivity contribution in [2.45, 2.75) is 13.2 Å². The van der Waals surface area contributed by atoms with Crippen molar-refractivity contribution in [3.8, 4) is 5.75 Å². The van der Waals surface area contributed by atoms with Crippen LogP contribution < -0.4 is 15.4 Å². The summed E-state index contributed by atoms with van der Waals surface area (Å²) in [6.45, 7) is 0.0532. The molecular formula is C20H19FN4O4S. The van der Waals surface area contributed by atoms with Gasteiger partial charge in [0, 0.05) is 12.2 Å². The lowest BCUT2D eigenvalue weighted by Gasteiger charge is -2.05. The van der Waals surface area contributed by atoms with Crippen LogP contribution in [-0.4, -0.2) is 35.7 Å². The third-order valence-electron chi connectivity index (χ3n) is 3.85. The van der Waals surface area contributed by atoms with Crippen LogP contribution >= 0.6 is 11.3 Å². The highest BCUT2D eigenvalue weighted by Gasteiger charge is 2.14. The van der Waals surface area contributed by atoms with Crippen molar-refractivity contribution in [2.75, 3.05) is 19.0 Å². The van der Waals surface area contributed by atoms with Crippen LogP contribution in [-0.2, 0) is 22.7 Å². The Kier molecular flexibility index (Phi) is 7.41. The average molecular weight is 430 g/mol. The Bertz CT molecular complexity index is 1010. The van der Waals surface area contributed by atoms with Crippen LogP contribution in [0, 0.1) is 5.82 Å². The fourth-order valence-corrected chi connectivity index (χ4v) is 3.06. The molecule has 10 heteroatoms. The summed E-state index contributed by atoms with van der Waals surface area (Å²) < 4.78 is 23.5. The number of aromatic nitrogens is 2. The number of ether oxygens (including phenoxy) is 2. The first-order valence-corrected chi connectivity index (χ1v) is 9.72. The van der Waals surface area contributed by atoms with E-state index >= 15 is 0 Å². The zero-order valence-electron chi connectivity index (χ0n) is 16.1. The Balaban J connectivity index is 1.41. The number of amides is 2. The number of carbonyl (C=O) groups excluding carboxylic acids is 2. The molecule has 1 heterocycles. The molecule has 0 aliphatic carbocycles. The van der Waals surface area contributed by atoms with E-state index in [1.54, 1.807) is 43.5 Å². The maximum Gasteiger partial charge on any atom is 0.286 e. The van der Waals surface area contributed by atoms with Gasteiger partial charge in [0.15, 0.2) is 0 Å². The van der Waals surface area contributed by atoms with Gasteiger partial charge < -0.3 is 20.1 Å². The highest BCUT2D eigenvalue weighted by atomic mass is 32.1. The number of hydrogen-bond donors (Lipinski definition) is 2. The minimum atomic E-state index is -0.392. The molecule has 0 saturated heterocycles. The number of hydrogen-bond acceptors (Lipinski definition) is 7. The maximum atomic E-state index is 13.1. The normalized spacial score (nSPS) is 10.5. The number of nitrogens with zero attached hydrogens (tertiary/aromatic N) is 2. The largest absolute Gasteiger partial charge is 0.497 e. The second kappa shape index (κ2) is 10.4. The minimum absolute atomic E-state index is 0.0425. The van der Waals surface area contributed by atoms with Gasteiger partial charge >= 0.3 is 0 Å². The molecule has 3 rings (SSSR count). The molecule has 2 amide bonds. The summed E-state index contributed by atoms with van der Waals surface area (Å²) in [4.78, 5) is 24.1. The molecule has 0 atom stereocenters. The van der Waals surface area contributed by atoms with Crippen molar-refractivity contribution in [1.29, 1.82) is 0 Å². The van der Waals surface area contributed by atoms with Crippen molar-refractivity contribution in [2.24, 2.45) is 0 Å². The SMILES string of the molecule is COc1ccc(NC(=O)c2nnc(COCC(=O)NCc3cccc(F)c3)s2)cc1. The van der Waals surface area contributed by atoms with E-state index in [1.165, 1.54) is 12.1 Å². The first-order chi connectivity index (χ1) is 14.5. The van der Waals surface area contributed by atoms with Crippen LogP contribution in [0.4, 0.5) is 10.1 Å². The Morgan fingerprint density at radius 2 is 1.93 bits per heavy atom. The van der Waals surface area contributed by atoms with E-state index in [9.17, 15) is 14.0 Å². The molecule has 2 aromatic carbocycles. The molecule has 156 valence electrons. The summed E-state index contributed by atoms with van der Waals surface area (Å²) in [5, 5.41) is 13.7. The molecule has 0 saturated carbocycles. The average Bonchev–Trinajstić information content (AvgIpc) is 3.22. The Morgan fingerprint density at radius 3 is 2.67 bits per heavy atom. The number of rotatable bonds is 9. The number of nitrogens with one attached hydrogen (secondary N) is 2. The number of anilines is 1. The van der Waals surface area contributed by atoms with Gasteiger partial charge in [0.05, 0.1) is 7.11 Å². The summed E-state index contributed by atoms with van der Waals surface area (Å²) in [6.07, 6.45) is 0. The summed E-state index contributed by atoms with van der Waals surface area (Å²) in [6, 6.07) is 12.9. The topological polar surface area (TPSA) is 102 Å². The first-order valence-electron chi connectivity index (χ1n) is 8.90. The lowest BCUT2D eigenvalue weighted by Crippen LogP contribution is -2.27. The van der Waals surface area contributed by atoms with Crippen molar-refractivity contribution in [1.82, 2.24) is 15.5 Å². The van der Waals surface area contributed by atoms with Gasteiger partial charge in [0.1, 0.15) is 29.8 Å². The third kappa shape index (κ3) is 6.33. The standard InChI is InChI=1S/C20H19FN4O4S/c1-28-16-7-5-15(6-8-16)23-19(27)20-25-24-18(30-20)12-29-11-17(26)22-10-13-3-2-4-14(21)9-13/h2-9H,10-12H2,1H3,(H,22,26)(H,23,27). The molecule has 8 nitrogen and oxygen atoms in total. The highest BCUT2D eigenvalue weighted by molar-refractivity contribution is 7.13.